The van der Waals surface area contributed by atoms with E-state index in [-0.39, 0.29) is 25.1 Å². The van der Waals surface area contributed by atoms with Crippen LogP contribution in [0, 0.1) is 0 Å². The fraction of sp³-hybridized carbons (Fsp3) is 0.414. The number of carbonyl (C=O) groups is 5. The Morgan fingerprint density at radius 1 is 0.930 bits per heavy atom. The number of likely N-dealkylation sites (tertiary alicyclic amines) is 1. The highest BCUT2D eigenvalue weighted by Crippen LogP contribution is 2.34. The molecule has 2 aromatic rings. The summed E-state index contributed by atoms with van der Waals surface area (Å²) < 4.78 is 49.2. The van der Waals surface area contributed by atoms with Crippen LogP contribution in [0.4, 0.5) is 18.0 Å². The van der Waals surface area contributed by atoms with Gasteiger partial charge in [-0.25, -0.2) is 9.59 Å². The summed E-state index contributed by atoms with van der Waals surface area (Å²) in [6.07, 6.45) is -7.17. The van der Waals surface area contributed by atoms with Crippen molar-refractivity contribution in [2.24, 2.45) is 0 Å². The topological polar surface area (TPSA) is 154 Å². The molecule has 0 aromatic heterocycles. The number of ether oxygens (including phenoxy) is 1. The second-order valence-corrected chi connectivity index (χ2v) is 10.2. The Hall–Kier alpha value is -4.62. The maximum atomic E-state index is 14.7. The van der Waals surface area contributed by atoms with Gasteiger partial charge in [0.25, 0.3) is 5.91 Å². The molecule has 1 unspecified atom stereocenters. The van der Waals surface area contributed by atoms with Gasteiger partial charge in [-0.3, -0.25) is 19.7 Å². The van der Waals surface area contributed by atoms with Crippen molar-refractivity contribution in [1.29, 1.82) is 0 Å². The van der Waals surface area contributed by atoms with Crippen LogP contribution in [0.5, 0.6) is 0 Å². The van der Waals surface area contributed by atoms with Crippen LogP contribution in [-0.4, -0.2) is 76.2 Å². The Morgan fingerprint density at radius 2 is 1.51 bits per heavy atom. The molecule has 1 aliphatic heterocycles. The third-order valence-corrected chi connectivity index (χ3v) is 7.00. The number of halogens is 3. The van der Waals surface area contributed by atoms with E-state index in [4.69, 9.17) is 4.74 Å². The number of hydrogen-bond acceptors (Lipinski definition) is 6. The molecule has 11 nitrogen and oxygen atoms in total. The van der Waals surface area contributed by atoms with Gasteiger partial charge in [-0.1, -0.05) is 60.7 Å². The largest absolute Gasteiger partial charge is 0.480 e. The van der Waals surface area contributed by atoms with Gasteiger partial charge in [0.2, 0.25) is 17.4 Å². The number of alkyl halides is 3. The third kappa shape index (κ3) is 8.23. The highest BCUT2D eigenvalue weighted by molar-refractivity contribution is 5.96. The molecule has 0 aliphatic carbocycles. The van der Waals surface area contributed by atoms with E-state index in [1.165, 1.54) is 31.2 Å². The van der Waals surface area contributed by atoms with Crippen LogP contribution in [0.3, 0.4) is 0 Å². The van der Waals surface area contributed by atoms with E-state index in [0.717, 1.165) is 11.8 Å². The van der Waals surface area contributed by atoms with Crippen LogP contribution in [0.25, 0.3) is 0 Å². The Balaban J connectivity index is 1.78. The van der Waals surface area contributed by atoms with Crippen LogP contribution in [-0.2, 0) is 36.9 Å². The summed E-state index contributed by atoms with van der Waals surface area (Å²) in [6, 6.07) is 11.5. The lowest BCUT2D eigenvalue weighted by atomic mass is 9.88. The molecule has 1 fully saturated rings. The number of hydrogen-bond donors (Lipinski definition) is 4. The Morgan fingerprint density at radius 3 is 2.07 bits per heavy atom. The third-order valence-electron chi connectivity index (χ3n) is 7.00. The van der Waals surface area contributed by atoms with Crippen LogP contribution >= 0.6 is 0 Å². The minimum Gasteiger partial charge on any atom is -0.480 e. The molecule has 2 aromatic carbocycles. The van der Waals surface area contributed by atoms with E-state index in [0.29, 0.717) is 12.0 Å². The molecule has 0 bridgehead atoms. The summed E-state index contributed by atoms with van der Waals surface area (Å²) in [6.45, 7) is 2.21. The first-order valence-corrected chi connectivity index (χ1v) is 13.5. The number of carboxylic acid groups (broad SMARTS) is 1. The molecule has 4 N–H and O–H groups in total. The lowest BCUT2D eigenvalue weighted by Crippen LogP contribution is -2.70. The number of nitrogens with zero attached hydrogens (tertiary/aromatic N) is 1. The number of carboxylic acids is 1. The van der Waals surface area contributed by atoms with Crippen molar-refractivity contribution < 1.29 is 47.0 Å². The van der Waals surface area contributed by atoms with Crippen molar-refractivity contribution >= 4 is 29.8 Å². The normalized spacial score (nSPS) is 17.6. The quantitative estimate of drug-likeness (QED) is 0.307. The Labute approximate surface area is 245 Å². The number of alkyl carbamates (subject to hydrolysis) is 1. The molecule has 1 heterocycles. The highest BCUT2D eigenvalue weighted by atomic mass is 19.4. The van der Waals surface area contributed by atoms with E-state index in [2.05, 4.69) is 5.32 Å². The predicted octanol–water partition coefficient (Wildman–Crippen LogP) is 2.54. The fourth-order valence-corrected chi connectivity index (χ4v) is 4.64. The van der Waals surface area contributed by atoms with Gasteiger partial charge >= 0.3 is 18.2 Å². The Bertz CT molecular complexity index is 1310. The van der Waals surface area contributed by atoms with Gasteiger partial charge in [-0.2, -0.15) is 13.2 Å². The van der Waals surface area contributed by atoms with Crippen molar-refractivity contribution in [3.8, 4) is 0 Å². The number of aliphatic carboxylic acids is 1. The lowest BCUT2D eigenvalue weighted by molar-refractivity contribution is -0.198. The molecule has 1 saturated heterocycles. The van der Waals surface area contributed by atoms with E-state index >= 15 is 0 Å². The SMILES string of the molecule is C[C@H](NC(=O)C(Cc1ccccc1)(NC(=O)OCc1ccccc1)C(F)(F)F)C(=O)N[C@@H](C)C(=O)N1CCC[C@H]1C(=O)O. The van der Waals surface area contributed by atoms with E-state index in [1.54, 1.807) is 41.7 Å². The van der Waals surface area contributed by atoms with Crippen molar-refractivity contribution in [3.63, 3.8) is 0 Å². The minimum absolute atomic E-state index is 0.0632. The van der Waals surface area contributed by atoms with Gasteiger partial charge in [-0.15, -0.1) is 0 Å². The van der Waals surface area contributed by atoms with Gasteiger partial charge in [-0.05, 0) is 37.8 Å². The average Bonchev–Trinajstić information content (AvgIpc) is 3.46. The summed E-state index contributed by atoms with van der Waals surface area (Å²) >= 11 is 0. The molecule has 0 saturated carbocycles. The fourth-order valence-electron chi connectivity index (χ4n) is 4.64. The molecule has 1 aliphatic rings. The van der Waals surface area contributed by atoms with Crippen LogP contribution in [0.1, 0.15) is 37.8 Å². The molecule has 43 heavy (non-hydrogen) atoms. The molecule has 0 radical (unpaired) electrons. The molecule has 4 amide bonds. The predicted molar refractivity (Wildman–Crippen MR) is 146 cm³/mol. The van der Waals surface area contributed by atoms with Crippen molar-refractivity contribution in [2.75, 3.05) is 6.54 Å². The molecule has 0 spiro atoms. The molecule has 4 atom stereocenters. The van der Waals surface area contributed by atoms with Gasteiger partial charge in [0.15, 0.2) is 0 Å². The average molecular weight is 607 g/mol. The number of benzene rings is 2. The highest BCUT2D eigenvalue weighted by Gasteiger charge is 2.62. The van der Waals surface area contributed by atoms with Gasteiger partial charge in [0.05, 0.1) is 0 Å². The van der Waals surface area contributed by atoms with Crippen molar-refractivity contribution in [1.82, 2.24) is 20.9 Å². The van der Waals surface area contributed by atoms with Crippen LogP contribution in [0.2, 0.25) is 0 Å². The maximum absolute atomic E-state index is 14.7. The van der Waals surface area contributed by atoms with Crippen molar-refractivity contribution in [2.45, 2.75) is 69.6 Å². The van der Waals surface area contributed by atoms with E-state index in [1.807, 2.05) is 5.32 Å². The maximum Gasteiger partial charge on any atom is 0.421 e. The molecule has 14 heteroatoms. The summed E-state index contributed by atoms with van der Waals surface area (Å²) in [5, 5.41) is 15.3. The smallest absolute Gasteiger partial charge is 0.421 e. The van der Waals surface area contributed by atoms with Gasteiger partial charge < -0.3 is 25.4 Å². The monoisotopic (exact) mass is 606 g/mol. The summed E-state index contributed by atoms with van der Waals surface area (Å²) in [7, 11) is 0. The summed E-state index contributed by atoms with van der Waals surface area (Å²) in [4.78, 5) is 64.1. The second kappa shape index (κ2) is 14.0. The summed E-state index contributed by atoms with van der Waals surface area (Å²) in [5.41, 5.74) is -2.98. The van der Waals surface area contributed by atoms with E-state index in [9.17, 15) is 42.3 Å². The first-order chi connectivity index (χ1) is 20.2. The van der Waals surface area contributed by atoms with Gasteiger partial charge in [0, 0.05) is 13.0 Å². The Kier molecular flexibility index (Phi) is 10.7. The van der Waals surface area contributed by atoms with Gasteiger partial charge in [0.1, 0.15) is 24.7 Å². The number of amides is 4. The zero-order valence-electron chi connectivity index (χ0n) is 23.5. The van der Waals surface area contributed by atoms with Crippen LogP contribution < -0.4 is 16.0 Å². The molecular weight excluding hydrogens is 573 g/mol. The number of nitrogens with one attached hydrogen (secondary N) is 3. The summed E-state index contributed by atoms with van der Waals surface area (Å²) in [5.74, 6) is -4.61. The molecule has 3 rings (SSSR count). The minimum atomic E-state index is -5.35. The number of carbonyl (C=O) groups excluding carboxylic acids is 4. The standard InChI is InChI=1S/C29H33F3N4O7/c1-18(23(37)33-19(2)24(38)36-15-9-14-22(36)25(39)40)34-26(41)28(29(30,31)32,16-20-10-5-3-6-11-20)35-27(42)43-17-21-12-7-4-8-13-21/h3-8,10-13,18-19,22H,9,14-17H2,1-2H3,(H,33,37)(H,34,41)(H,35,42)(H,39,40)/t18-,19-,22-,28?/m0/s1. The zero-order chi connectivity index (χ0) is 31.8. The van der Waals surface area contributed by atoms with Crippen molar-refractivity contribution in [3.05, 3.63) is 71.8 Å². The molecular formula is C29H33F3N4O7. The lowest BCUT2D eigenvalue weighted by Gasteiger charge is -2.35. The number of rotatable bonds is 11. The van der Waals surface area contributed by atoms with E-state index < -0.39 is 66.0 Å². The first-order valence-electron chi connectivity index (χ1n) is 13.5. The van der Waals surface area contributed by atoms with Crippen LogP contribution in [0.15, 0.2) is 60.7 Å². The second-order valence-electron chi connectivity index (χ2n) is 10.2. The first kappa shape index (κ1) is 32.9. The molecule has 232 valence electrons. The zero-order valence-corrected chi connectivity index (χ0v) is 23.5.